The zero-order valence-electron chi connectivity index (χ0n) is 15.5. The number of aromatic nitrogens is 2. The molecule has 0 bridgehead atoms. The smallest absolute Gasteiger partial charge is 0.254 e. The van der Waals surface area contributed by atoms with E-state index in [0.29, 0.717) is 17.4 Å². The molecule has 2 aliphatic heterocycles. The molecule has 4 rings (SSSR count). The van der Waals surface area contributed by atoms with Crippen LogP contribution in [0.1, 0.15) is 16.8 Å². The topological polar surface area (TPSA) is 61.5 Å². The summed E-state index contributed by atoms with van der Waals surface area (Å²) in [5.74, 6) is 0.640. The van der Waals surface area contributed by atoms with Crippen molar-refractivity contribution in [1.29, 1.82) is 0 Å². The molecule has 26 heavy (non-hydrogen) atoms. The second kappa shape index (κ2) is 7.31. The molecular weight excluding hydrogens is 328 g/mol. The van der Waals surface area contributed by atoms with E-state index in [1.165, 1.54) is 5.56 Å². The summed E-state index contributed by atoms with van der Waals surface area (Å²) in [6.07, 6.45) is 0. The summed E-state index contributed by atoms with van der Waals surface area (Å²) in [6.45, 7) is 10.8. The van der Waals surface area contributed by atoms with E-state index in [2.05, 4.69) is 31.9 Å². The van der Waals surface area contributed by atoms with Gasteiger partial charge in [-0.15, -0.1) is 0 Å². The van der Waals surface area contributed by atoms with Gasteiger partial charge < -0.3 is 9.72 Å². The van der Waals surface area contributed by atoms with Gasteiger partial charge in [-0.05, 0) is 19.4 Å². The van der Waals surface area contributed by atoms with Crippen LogP contribution in [0.15, 0.2) is 29.1 Å². The number of likely N-dealkylation sites (tertiary alicyclic amines) is 1. The van der Waals surface area contributed by atoms with E-state index in [4.69, 9.17) is 4.74 Å². The number of nitrogens with zero attached hydrogens (tertiary/aromatic N) is 3. The molecule has 2 aliphatic rings. The van der Waals surface area contributed by atoms with Crippen LogP contribution >= 0.6 is 0 Å². The first-order valence-electron chi connectivity index (χ1n) is 9.31. The normalized spacial score (nSPS) is 19.5. The van der Waals surface area contributed by atoms with Crippen molar-refractivity contribution in [1.82, 2.24) is 19.8 Å². The van der Waals surface area contributed by atoms with Crippen molar-refractivity contribution in [2.24, 2.45) is 0 Å². The third kappa shape index (κ3) is 3.58. The van der Waals surface area contributed by atoms with Gasteiger partial charge in [-0.3, -0.25) is 14.6 Å². The largest absolute Gasteiger partial charge is 0.379 e. The lowest BCUT2D eigenvalue weighted by molar-refractivity contribution is -0.0344. The van der Waals surface area contributed by atoms with Gasteiger partial charge in [0.05, 0.1) is 13.2 Å². The highest BCUT2D eigenvalue weighted by atomic mass is 16.5. The van der Waals surface area contributed by atoms with E-state index in [1.807, 2.05) is 19.1 Å². The molecule has 138 valence electrons. The number of morpholine rings is 1. The molecular formula is C20H26N4O2. The third-order valence-corrected chi connectivity index (χ3v) is 5.53. The van der Waals surface area contributed by atoms with Crippen molar-refractivity contribution in [2.75, 3.05) is 39.4 Å². The Kier molecular flexibility index (Phi) is 4.89. The van der Waals surface area contributed by atoms with Crippen LogP contribution < -0.4 is 5.56 Å². The fraction of sp³-hybridized carbons (Fsp3) is 0.500. The van der Waals surface area contributed by atoms with Gasteiger partial charge in [0, 0.05) is 55.6 Å². The number of hydrogen-bond donors (Lipinski definition) is 1. The van der Waals surface area contributed by atoms with Gasteiger partial charge in [-0.25, -0.2) is 4.98 Å². The van der Waals surface area contributed by atoms with Crippen LogP contribution in [0, 0.1) is 13.8 Å². The summed E-state index contributed by atoms with van der Waals surface area (Å²) in [7, 11) is 0. The average molecular weight is 354 g/mol. The van der Waals surface area contributed by atoms with E-state index in [-0.39, 0.29) is 5.56 Å². The Morgan fingerprint density at radius 3 is 2.50 bits per heavy atom. The molecule has 2 aromatic rings. The molecule has 1 N–H and O–H groups in total. The molecule has 0 unspecified atom stereocenters. The van der Waals surface area contributed by atoms with Gasteiger partial charge in [-0.1, -0.05) is 24.3 Å². The number of rotatable bonds is 4. The second-order valence-corrected chi connectivity index (χ2v) is 7.32. The number of nitrogens with one attached hydrogen (secondary N) is 1. The zero-order chi connectivity index (χ0) is 18.1. The maximum Gasteiger partial charge on any atom is 0.254 e. The standard InChI is InChI=1S/C20H26N4O2/c1-14-15(2)21-19(22-20(14)25)17-5-3-16(4-6-17)11-23-12-18(13-23)24-7-9-26-10-8-24/h3-6,18H,7-13H2,1-2H3,(H,21,22,25). The fourth-order valence-electron chi connectivity index (χ4n) is 3.65. The minimum atomic E-state index is -0.0636. The van der Waals surface area contributed by atoms with Crippen LogP contribution in [0.4, 0.5) is 0 Å². The molecule has 2 fully saturated rings. The Bertz CT molecular complexity index is 819. The predicted octanol–water partition coefficient (Wildman–Crippen LogP) is 1.57. The summed E-state index contributed by atoms with van der Waals surface area (Å²) in [4.78, 5) is 24.3. The van der Waals surface area contributed by atoms with E-state index in [9.17, 15) is 4.79 Å². The maximum atomic E-state index is 11.9. The molecule has 1 aromatic carbocycles. The molecule has 6 nitrogen and oxygen atoms in total. The Balaban J connectivity index is 1.36. The monoisotopic (exact) mass is 354 g/mol. The highest BCUT2D eigenvalue weighted by Gasteiger charge is 2.32. The van der Waals surface area contributed by atoms with Crippen molar-refractivity contribution >= 4 is 0 Å². The van der Waals surface area contributed by atoms with Crippen LogP contribution in [0.5, 0.6) is 0 Å². The lowest BCUT2D eigenvalue weighted by atomic mass is 10.0. The van der Waals surface area contributed by atoms with E-state index >= 15 is 0 Å². The second-order valence-electron chi connectivity index (χ2n) is 7.32. The summed E-state index contributed by atoms with van der Waals surface area (Å²) < 4.78 is 5.43. The highest BCUT2D eigenvalue weighted by Crippen LogP contribution is 2.21. The molecule has 6 heteroatoms. The Morgan fingerprint density at radius 1 is 1.15 bits per heavy atom. The number of aromatic amines is 1. The first-order valence-corrected chi connectivity index (χ1v) is 9.31. The van der Waals surface area contributed by atoms with Crippen molar-refractivity contribution in [3.63, 3.8) is 0 Å². The van der Waals surface area contributed by atoms with Crippen LogP contribution in [0.2, 0.25) is 0 Å². The van der Waals surface area contributed by atoms with Crippen molar-refractivity contribution in [3.05, 3.63) is 51.4 Å². The van der Waals surface area contributed by atoms with E-state index in [0.717, 1.165) is 57.2 Å². The highest BCUT2D eigenvalue weighted by molar-refractivity contribution is 5.55. The quantitative estimate of drug-likeness (QED) is 0.903. The van der Waals surface area contributed by atoms with E-state index in [1.54, 1.807) is 6.92 Å². The molecule has 1 aromatic heterocycles. The van der Waals surface area contributed by atoms with E-state index < -0.39 is 0 Å². The lowest BCUT2D eigenvalue weighted by Gasteiger charge is -2.46. The first-order chi connectivity index (χ1) is 12.6. The summed E-state index contributed by atoms with van der Waals surface area (Å²) in [5.41, 5.74) is 3.64. The molecule has 0 saturated carbocycles. The van der Waals surface area contributed by atoms with Crippen LogP contribution in [0.25, 0.3) is 11.4 Å². The van der Waals surface area contributed by atoms with Gasteiger partial charge in [0.25, 0.3) is 5.56 Å². The van der Waals surface area contributed by atoms with Crippen LogP contribution in [-0.4, -0.2) is 65.2 Å². The van der Waals surface area contributed by atoms with Gasteiger partial charge in [-0.2, -0.15) is 0 Å². The summed E-state index contributed by atoms with van der Waals surface area (Å²) in [6, 6.07) is 9.03. The van der Waals surface area contributed by atoms with Gasteiger partial charge in [0.1, 0.15) is 5.82 Å². The molecule has 0 aliphatic carbocycles. The van der Waals surface area contributed by atoms with Gasteiger partial charge >= 0.3 is 0 Å². The van der Waals surface area contributed by atoms with Crippen LogP contribution in [-0.2, 0) is 11.3 Å². The molecule has 0 spiro atoms. The summed E-state index contributed by atoms with van der Waals surface area (Å²) in [5, 5.41) is 0. The Morgan fingerprint density at radius 2 is 1.85 bits per heavy atom. The minimum absolute atomic E-state index is 0.0636. The minimum Gasteiger partial charge on any atom is -0.379 e. The van der Waals surface area contributed by atoms with Gasteiger partial charge in [0.2, 0.25) is 0 Å². The van der Waals surface area contributed by atoms with Crippen molar-refractivity contribution in [2.45, 2.75) is 26.4 Å². The fourth-order valence-corrected chi connectivity index (χ4v) is 3.65. The molecule has 0 amide bonds. The van der Waals surface area contributed by atoms with Crippen molar-refractivity contribution in [3.8, 4) is 11.4 Å². The van der Waals surface area contributed by atoms with Crippen molar-refractivity contribution < 1.29 is 4.74 Å². The first kappa shape index (κ1) is 17.4. The number of benzene rings is 1. The van der Waals surface area contributed by atoms with Gasteiger partial charge in [0.15, 0.2) is 0 Å². The third-order valence-electron chi connectivity index (χ3n) is 5.53. The molecule has 3 heterocycles. The Hall–Kier alpha value is -2.02. The molecule has 0 atom stereocenters. The average Bonchev–Trinajstić information content (AvgIpc) is 2.63. The number of ether oxygens (including phenoxy) is 1. The molecule has 2 saturated heterocycles. The number of aryl methyl sites for hydroxylation is 1. The zero-order valence-corrected chi connectivity index (χ0v) is 15.5. The SMILES string of the molecule is Cc1nc(-c2ccc(CN3CC(N4CCOCC4)C3)cc2)[nH]c(=O)c1C. The maximum absolute atomic E-state index is 11.9. The number of hydrogen-bond acceptors (Lipinski definition) is 5. The van der Waals surface area contributed by atoms with Crippen LogP contribution in [0.3, 0.4) is 0 Å². The predicted molar refractivity (Wildman–Crippen MR) is 101 cm³/mol. The Labute approximate surface area is 153 Å². The number of H-pyrrole nitrogens is 1. The lowest BCUT2D eigenvalue weighted by Crippen LogP contribution is -2.60. The molecule has 0 radical (unpaired) electrons. The summed E-state index contributed by atoms with van der Waals surface area (Å²) >= 11 is 0.